The van der Waals surface area contributed by atoms with Crippen LogP contribution in [0.5, 0.6) is 0 Å². The number of benzene rings is 2. The average Bonchev–Trinajstić information content (AvgIpc) is 2.93. The van der Waals surface area contributed by atoms with E-state index < -0.39 is 19.9 Å². The lowest BCUT2D eigenvalue weighted by Crippen LogP contribution is -2.11. The van der Waals surface area contributed by atoms with Gasteiger partial charge in [0.1, 0.15) is 9.84 Å². The molecule has 26 heavy (non-hydrogen) atoms. The van der Waals surface area contributed by atoms with Crippen LogP contribution in [0.25, 0.3) is 10.9 Å². The Labute approximate surface area is 158 Å². The van der Waals surface area contributed by atoms with Gasteiger partial charge in [0.25, 0.3) is 10.0 Å². The lowest BCUT2D eigenvalue weighted by molar-refractivity contribution is 0.588. The summed E-state index contributed by atoms with van der Waals surface area (Å²) in [6.07, 6.45) is 3.63. The third-order valence-electron chi connectivity index (χ3n) is 4.08. The zero-order valence-corrected chi connectivity index (χ0v) is 16.5. The summed E-state index contributed by atoms with van der Waals surface area (Å²) in [6.45, 7) is 0. The van der Waals surface area contributed by atoms with E-state index >= 15 is 0 Å². The highest BCUT2D eigenvalue weighted by Crippen LogP contribution is 2.29. The van der Waals surface area contributed by atoms with Crippen molar-refractivity contribution in [1.29, 1.82) is 0 Å². The van der Waals surface area contributed by atoms with Crippen LogP contribution in [0.1, 0.15) is 12.0 Å². The molecule has 0 aliphatic rings. The molecular weight excluding hydrogens is 394 g/mol. The Morgan fingerprint density at radius 1 is 1.00 bits per heavy atom. The number of nitrogens with zero attached hydrogens (tertiary/aromatic N) is 1. The number of halogens is 1. The summed E-state index contributed by atoms with van der Waals surface area (Å²) in [6, 6.07) is 13.2. The smallest absolute Gasteiger partial charge is 0.241 e. The molecule has 0 aliphatic carbocycles. The van der Waals surface area contributed by atoms with Crippen LogP contribution in [0, 0.1) is 0 Å². The Morgan fingerprint density at radius 3 is 2.35 bits per heavy atom. The highest BCUT2D eigenvalue weighted by atomic mass is 35.5. The molecule has 0 aliphatic heterocycles. The van der Waals surface area contributed by atoms with E-state index in [4.69, 9.17) is 11.6 Å². The molecule has 5 nitrogen and oxygen atoms in total. The molecule has 0 atom stereocenters. The number of rotatable bonds is 6. The van der Waals surface area contributed by atoms with Crippen molar-refractivity contribution in [2.45, 2.75) is 17.7 Å². The molecule has 0 amide bonds. The predicted molar refractivity (Wildman–Crippen MR) is 104 cm³/mol. The normalized spacial score (nSPS) is 12.5. The highest BCUT2D eigenvalue weighted by Gasteiger charge is 2.21. The first-order valence-corrected chi connectivity index (χ1v) is 11.8. The minimum absolute atomic E-state index is 0.0543. The van der Waals surface area contributed by atoms with Crippen molar-refractivity contribution in [1.82, 2.24) is 3.97 Å². The van der Waals surface area contributed by atoms with Crippen molar-refractivity contribution < 1.29 is 16.8 Å². The maximum Gasteiger partial charge on any atom is 0.268 e. The van der Waals surface area contributed by atoms with Gasteiger partial charge in [0.05, 0.1) is 16.2 Å². The largest absolute Gasteiger partial charge is 0.268 e. The lowest BCUT2D eigenvalue weighted by atomic mass is 10.1. The van der Waals surface area contributed by atoms with Gasteiger partial charge in [-0.3, -0.25) is 0 Å². The van der Waals surface area contributed by atoms with Crippen LogP contribution < -0.4 is 0 Å². The topological polar surface area (TPSA) is 73.2 Å². The molecular formula is C18H18ClNO4S2. The molecule has 0 N–H and O–H groups in total. The Bertz CT molecular complexity index is 1150. The molecule has 0 bridgehead atoms. The monoisotopic (exact) mass is 411 g/mol. The molecule has 3 rings (SSSR count). The SMILES string of the molecule is CS(=O)(=O)CCCc1cn(S(=O)(=O)c2ccccc2)c2cc(Cl)ccc12. The molecule has 3 aromatic rings. The summed E-state index contributed by atoms with van der Waals surface area (Å²) >= 11 is 6.07. The number of aromatic nitrogens is 1. The first-order valence-electron chi connectivity index (χ1n) is 7.96. The molecule has 0 radical (unpaired) electrons. The molecule has 0 spiro atoms. The molecule has 0 unspecified atom stereocenters. The summed E-state index contributed by atoms with van der Waals surface area (Å²) in [5, 5.41) is 1.19. The zero-order valence-electron chi connectivity index (χ0n) is 14.1. The van der Waals surface area contributed by atoms with Gasteiger partial charge in [-0.15, -0.1) is 0 Å². The first kappa shape index (κ1) is 18.9. The average molecular weight is 412 g/mol. The van der Waals surface area contributed by atoms with E-state index in [0.29, 0.717) is 23.4 Å². The van der Waals surface area contributed by atoms with Crippen molar-refractivity contribution in [2.24, 2.45) is 0 Å². The van der Waals surface area contributed by atoms with Crippen molar-refractivity contribution in [3.63, 3.8) is 0 Å². The summed E-state index contributed by atoms with van der Waals surface area (Å²) in [4.78, 5) is 0.180. The van der Waals surface area contributed by atoms with Crippen LogP contribution in [0.2, 0.25) is 5.02 Å². The standard InChI is InChI=1S/C18H18ClNO4S2/c1-25(21,22)11-5-6-14-13-20(18-12-15(19)9-10-17(14)18)26(23,24)16-7-3-2-4-8-16/h2-4,7-10,12-13H,5-6,11H2,1H3. The first-order chi connectivity index (χ1) is 12.2. The lowest BCUT2D eigenvalue weighted by Gasteiger charge is -2.07. The maximum atomic E-state index is 13.0. The Hall–Kier alpha value is -1.83. The van der Waals surface area contributed by atoms with Gasteiger partial charge in [-0.05, 0) is 42.7 Å². The van der Waals surface area contributed by atoms with Gasteiger partial charge in [-0.1, -0.05) is 35.9 Å². The molecule has 8 heteroatoms. The van der Waals surface area contributed by atoms with Crippen molar-refractivity contribution in [2.75, 3.05) is 12.0 Å². The second kappa shape index (κ2) is 7.06. The fourth-order valence-corrected chi connectivity index (χ4v) is 5.11. The Balaban J connectivity index is 2.10. The van der Waals surface area contributed by atoms with E-state index in [9.17, 15) is 16.8 Å². The second-order valence-electron chi connectivity index (χ2n) is 6.16. The van der Waals surface area contributed by atoms with Crippen LogP contribution in [-0.2, 0) is 26.3 Å². The van der Waals surface area contributed by atoms with Crippen LogP contribution >= 0.6 is 11.6 Å². The van der Waals surface area contributed by atoms with Gasteiger partial charge < -0.3 is 0 Å². The fraction of sp³-hybridized carbons (Fsp3) is 0.222. The minimum Gasteiger partial charge on any atom is -0.241 e. The summed E-state index contributed by atoms with van der Waals surface area (Å²) in [5.41, 5.74) is 1.26. The highest BCUT2D eigenvalue weighted by molar-refractivity contribution is 7.90. The second-order valence-corrected chi connectivity index (χ2v) is 10.7. The summed E-state index contributed by atoms with van der Waals surface area (Å²) in [7, 11) is -6.84. The fourth-order valence-electron chi connectivity index (χ4n) is 2.87. The zero-order chi connectivity index (χ0) is 18.9. The maximum absolute atomic E-state index is 13.0. The molecule has 1 aromatic heterocycles. The van der Waals surface area contributed by atoms with Crippen molar-refractivity contribution in [3.05, 3.63) is 65.3 Å². The van der Waals surface area contributed by atoms with E-state index in [1.807, 2.05) is 0 Å². The Morgan fingerprint density at radius 2 is 1.69 bits per heavy atom. The molecule has 138 valence electrons. The third kappa shape index (κ3) is 3.95. The molecule has 0 fully saturated rings. The van der Waals surface area contributed by atoms with Gasteiger partial charge in [-0.2, -0.15) is 0 Å². The van der Waals surface area contributed by atoms with E-state index in [0.717, 1.165) is 10.9 Å². The summed E-state index contributed by atoms with van der Waals surface area (Å²) in [5.74, 6) is 0.0543. The van der Waals surface area contributed by atoms with Crippen LogP contribution in [-0.4, -0.2) is 32.8 Å². The van der Waals surface area contributed by atoms with Gasteiger partial charge in [-0.25, -0.2) is 20.8 Å². The van der Waals surface area contributed by atoms with Crippen LogP contribution in [0.15, 0.2) is 59.6 Å². The molecule has 2 aromatic carbocycles. The minimum atomic E-state index is -3.78. The predicted octanol–water partition coefficient (Wildman–Crippen LogP) is 3.51. The van der Waals surface area contributed by atoms with Gasteiger partial charge in [0.2, 0.25) is 0 Å². The molecule has 1 heterocycles. The van der Waals surface area contributed by atoms with E-state index in [2.05, 4.69) is 0 Å². The molecule has 0 saturated heterocycles. The quantitative estimate of drug-likeness (QED) is 0.622. The number of hydrogen-bond donors (Lipinski definition) is 0. The third-order valence-corrected chi connectivity index (χ3v) is 7.03. The van der Waals surface area contributed by atoms with E-state index in [1.54, 1.807) is 42.6 Å². The molecule has 0 saturated carbocycles. The van der Waals surface area contributed by atoms with Crippen LogP contribution in [0.3, 0.4) is 0 Å². The number of hydrogen-bond acceptors (Lipinski definition) is 4. The van der Waals surface area contributed by atoms with Gasteiger partial charge in [0, 0.05) is 22.9 Å². The summed E-state index contributed by atoms with van der Waals surface area (Å²) < 4.78 is 50.0. The van der Waals surface area contributed by atoms with Gasteiger partial charge >= 0.3 is 0 Å². The number of aryl methyl sites for hydroxylation is 1. The number of sulfone groups is 1. The van der Waals surface area contributed by atoms with E-state index in [1.165, 1.54) is 22.4 Å². The van der Waals surface area contributed by atoms with Crippen molar-refractivity contribution >= 4 is 42.4 Å². The van der Waals surface area contributed by atoms with Crippen LogP contribution in [0.4, 0.5) is 0 Å². The number of fused-ring (bicyclic) bond motifs is 1. The van der Waals surface area contributed by atoms with Gasteiger partial charge in [0.15, 0.2) is 0 Å². The van der Waals surface area contributed by atoms with E-state index in [-0.39, 0.29) is 10.6 Å². The van der Waals surface area contributed by atoms with Crippen molar-refractivity contribution in [3.8, 4) is 0 Å². The Kier molecular flexibility index (Phi) is 5.14.